The van der Waals surface area contributed by atoms with Crippen molar-refractivity contribution in [3.8, 4) is 11.3 Å². The average molecular weight is 525 g/mol. The first kappa shape index (κ1) is 26.2. The number of benzene rings is 1. The number of amides is 2. The Morgan fingerprint density at radius 2 is 1.92 bits per heavy atom. The highest BCUT2D eigenvalue weighted by Crippen LogP contribution is 2.43. The minimum absolute atomic E-state index is 0.0131. The van der Waals surface area contributed by atoms with E-state index in [1.54, 1.807) is 19.2 Å². The van der Waals surface area contributed by atoms with Gasteiger partial charge in [-0.15, -0.1) is 0 Å². The molecule has 204 valence electrons. The molecule has 0 unspecified atom stereocenters. The second-order valence-corrected chi connectivity index (χ2v) is 11.4. The van der Waals surface area contributed by atoms with Crippen LogP contribution in [0, 0.1) is 17.2 Å². The molecular formula is C28H37FN6O3. The Hall–Kier alpha value is -3.43. The number of carboxylic acid groups (broad SMARTS) is 1. The molecular weight excluding hydrogens is 487 g/mol. The van der Waals surface area contributed by atoms with Gasteiger partial charge in [0, 0.05) is 68.8 Å². The van der Waals surface area contributed by atoms with Gasteiger partial charge in [0.15, 0.2) is 0 Å². The van der Waals surface area contributed by atoms with Crippen LogP contribution in [-0.4, -0.2) is 77.8 Å². The van der Waals surface area contributed by atoms with E-state index >= 15 is 4.39 Å². The van der Waals surface area contributed by atoms with Gasteiger partial charge in [-0.3, -0.25) is 4.79 Å². The topological polar surface area (TPSA) is 102 Å². The van der Waals surface area contributed by atoms with E-state index in [-0.39, 0.29) is 23.2 Å². The highest BCUT2D eigenvalue weighted by molar-refractivity contribution is 5.78. The number of carbonyl (C=O) groups is 2. The SMILES string of the molecule is CNC(=O)C[C@@H](CC(C)C)N1CCCc2c(-c3ccccc3F)nc(N3CCC4(CN(C(=O)O)C4)C3)nc21. The predicted molar refractivity (Wildman–Crippen MR) is 144 cm³/mol. The number of halogens is 1. The summed E-state index contributed by atoms with van der Waals surface area (Å²) in [6.07, 6.45) is 2.78. The molecule has 10 heteroatoms. The first-order valence-electron chi connectivity index (χ1n) is 13.6. The Morgan fingerprint density at radius 1 is 1.16 bits per heavy atom. The van der Waals surface area contributed by atoms with Crippen LogP contribution >= 0.6 is 0 Å². The first-order chi connectivity index (χ1) is 18.2. The molecule has 2 saturated heterocycles. The summed E-state index contributed by atoms with van der Waals surface area (Å²) >= 11 is 0. The quantitative estimate of drug-likeness (QED) is 0.568. The summed E-state index contributed by atoms with van der Waals surface area (Å²) in [7, 11) is 1.66. The van der Waals surface area contributed by atoms with Crippen LogP contribution in [0.4, 0.5) is 21.0 Å². The van der Waals surface area contributed by atoms with E-state index in [0.717, 1.165) is 50.2 Å². The molecule has 38 heavy (non-hydrogen) atoms. The van der Waals surface area contributed by atoms with Crippen LogP contribution in [0.1, 0.15) is 45.1 Å². The smallest absolute Gasteiger partial charge is 0.407 e. The third-order valence-electron chi connectivity index (χ3n) is 8.13. The number of hydrogen-bond donors (Lipinski definition) is 2. The van der Waals surface area contributed by atoms with Gasteiger partial charge in [-0.25, -0.2) is 14.2 Å². The van der Waals surface area contributed by atoms with E-state index in [0.29, 0.717) is 49.2 Å². The van der Waals surface area contributed by atoms with Crippen LogP contribution in [0.25, 0.3) is 11.3 Å². The summed E-state index contributed by atoms with van der Waals surface area (Å²) in [4.78, 5) is 39.7. The van der Waals surface area contributed by atoms with Crippen molar-refractivity contribution in [3.05, 3.63) is 35.6 Å². The van der Waals surface area contributed by atoms with Gasteiger partial charge in [0.2, 0.25) is 11.9 Å². The van der Waals surface area contributed by atoms with Gasteiger partial charge in [-0.05, 0) is 43.7 Å². The van der Waals surface area contributed by atoms with Crippen molar-refractivity contribution < 1.29 is 19.1 Å². The van der Waals surface area contributed by atoms with Gasteiger partial charge in [-0.2, -0.15) is 4.98 Å². The second-order valence-electron chi connectivity index (χ2n) is 11.4. The van der Waals surface area contributed by atoms with E-state index in [2.05, 4.69) is 29.0 Å². The molecule has 1 atom stereocenters. The van der Waals surface area contributed by atoms with Gasteiger partial charge in [0.25, 0.3) is 0 Å². The van der Waals surface area contributed by atoms with Crippen LogP contribution < -0.4 is 15.1 Å². The molecule has 3 aliphatic rings. The molecule has 2 amide bonds. The van der Waals surface area contributed by atoms with Crippen molar-refractivity contribution in [2.75, 3.05) is 49.6 Å². The second kappa shape index (κ2) is 10.4. The van der Waals surface area contributed by atoms with Gasteiger partial charge >= 0.3 is 6.09 Å². The van der Waals surface area contributed by atoms with Crippen LogP contribution in [0.3, 0.4) is 0 Å². The zero-order valence-corrected chi connectivity index (χ0v) is 22.4. The Labute approximate surface area is 223 Å². The van der Waals surface area contributed by atoms with Crippen molar-refractivity contribution in [2.24, 2.45) is 11.3 Å². The molecule has 0 saturated carbocycles. The molecule has 0 radical (unpaired) electrons. The van der Waals surface area contributed by atoms with Crippen LogP contribution in [0.2, 0.25) is 0 Å². The number of rotatable bonds is 7. The number of nitrogens with one attached hydrogen (secondary N) is 1. The fourth-order valence-corrected chi connectivity index (χ4v) is 6.28. The number of nitrogens with zero attached hydrogens (tertiary/aromatic N) is 5. The molecule has 1 aromatic heterocycles. The standard InChI is InChI=1S/C28H37FN6O3/c1-18(2)13-19(14-23(36)30-3)35-11-6-8-21-24(20-7-4-5-9-22(20)29)31-26(32-25(21)35)33-12-10-28(15-33)16-34(17-28)27(37)38/h4-5,7,9,18-19H,6,8,10-17H2,1-3H3,(H,30,36)(H,37,38)/t19-/m1/s1. The monoisotopic (exact) mass is 524 g/mol. The Bertz CT molecular complexity index is 1220. The fourth-order valence-electron chi connectivity index (χ4n) is 6.28. The molecule has 2 aromatic rings. The molecule has 1 spiro atoms. The highest BCUT2D eigenvalue weighted by atomic mass is 19.1. The van der Waals surface area contributed by atoms with E-state index in [1.165, 1.54) is 11.0 Å². The third-order valence-corrected chi connectivity index (χ3v) is 8.13. The number of anilines is 2. The normalized spacial score (nSPS) is 18.9. The lowest BCUT2D eigenvalue weighted by molar-refractivity contribution is -0.121. The number of carbonyl (C=O) groups excluding carboxylic acids is 1. The predicted octanol–water partition coefficient (Wildman–Crippen LogP) is 3.78. The largest absolute Gasteiger partial charge is 0.465 e. The maximum Gasteiger partial charge on any atom is 0.407 e. The van der Waals surface area contributed by atoms with E-state index in [1.807, 2.05) is 6.07 Å². The van der Waals surface area contributed by atoms with Crippen LogP contribution in [0.5, 0.6) is 0 Å². The molecule has 9 nitrogen and oxygen atoms in total. The molecule has 5 rings (SSSR count). The van der Waals surface area contributed by atoms with Gasteiger partial charge < -0.3 is 25.1 Å². The summed E-state index contributed by atoms with van der Waals surface area (Å²) in [5, 5.41) is 12.1. The third kappa shape index (κ3) is 5.00. The van der Waals surface area contributed by atoms with Crippen molar-refractivity contribution in [3.63, 3.8) is 0 Å². The Balaban J connectivity index is 1.56. The van der Waals surface area contributed by atoms with Crippen LogP contribution in [0.15, 0.2) is 24.3 Å². The molecule has 3 aliphatic heterocycles. The summed E-state index contributed by atoms with van der Waals surface area (Å²) in [5.74, 6) is 1.38. The van der Waals surface area contributed by atoms with Crippen molar-refractivity contribution in [1.82, 2.24) is 20.2 Å². The zero-order valence-electron chi connectivity index (χ0n) is 22.4. The highest BCUT2D eigenvalue weighted by Gasteiger charge is 2.50. The Morgan fingerprint density at radius 3 is 2.61 bits per heavy atom. The number of hydrogen-bond acceptors (Lipinski definition) is 6. The minimum Gasteiger partial charge on any atom is -0.465 e. The first-order valence-corrected chi connectivity index (χ1v) is 13.6. The van der Waals surface area contributed by atoms with E-state index in [4.69, 9.17) is 9.97 Å². The van der Waals surface area contributed by atoms with Gasteiger partial charge in [0.05, 0.1) is 5.69 Å². The van der Waals surface area contributed by atoms with Crippen molar-refractivity contribution in [1.29, 1.82) is 0 Å². The van der Waals surface area contributed by atoms with Crippen molar-refractivity contribution in [2.45, 2.75) is 52.0 Å². The maximum absolute atomic E-state index is 15.1. The molecule has 2 fully saturated rings. The molecule has 1 aromatic carbocycles. The summed E-state index contributed by atoms with van der Waals surface area (Å²) < 4.78 is 15.1. The zero-order chi connectivity index (χ0) is 27.0. The molecule has 2 N–H and O–H groups in total. The fraction of sp³-hybridized carbons (Fsp3) is 0.571. The lowest BCUT2D eigenvalue weighted by Gasteiger charge is -2.46. The molecule has 0 bridgehead atoms. The molecule has 0 aliphatic carbocycles. The number of likely N-dealkylation sites (tertiary alicyclic amines) is 1. The summed E-state index contributed by atoms with van der Waals surface area (Å²) in [6.45, 7) is 7.49. The number of aromatic nitrogens is 2. The molecule has 4 heterocycles. The van der Waals surface area contributed by atoms with Crippen LogP contribution in [-0.2, 0) is 11.2 Å². The van der Waals surface area contributed by atoms with Gasteiger partial charge in [-0.1, -0.05) is 26.0 Å². The lowest BCUT2D eigenvalue weighted by atomic mass is 9.79. The minimum atomic E-state index is -0.885. The maximum atomic E-state index is 15.1. The van der Waals surface area contributed by atoms with E-state index < -0.39 is 6.09 Å². The summed E-state index contributed by atoms with van der Waals surface area (Å²) in [6, 6.07) is 6.68. The summed E-state index contributed by atoms with van der Waals surface area (Å²) in [5.41, 5.74) is 1.90. The number of fused-ring (bicyclic) bond motifs is 1. The average Bonchev–Trinajstić information content (AvgIpc) is 3.32. The lowest BCUT2D eigenvalue weighted by Crippen LogP contribution is -2.59. The Kier molecular flexibility index (Phi) is 7.15. The van der Waals surface area contributed by atoms with Gasteiger partial charge in [0.1, 0.15) is 11.6 Å². The van der Waals surface area contributed by atoms with E-state index in [9.17, 15) is 14.7 Å². The van der Waals surface area contributed by atoms with Crippen molar-refractivity contribution >= 4 is 23.8 Å².